The molecule has 2 N–H and O–H groups in total. The van der Waals surface area contributed by atoms with E-state index in [1.165, 1.54) is 0 Å². The molecular weight excluding hydrogens is 134 g/mol. The molecule has 0 atom stereocenters. The van der Waals surface area contributed by atoms with Crippen molar-refractivity contribution in [3.05, 3.63) is 0 Å². The highest BCUT2D eigenvalue weighted by atomic mass is 28.2. The molecule has 0 aliphatic rings. The zero-order chi connectivity index (χ0) is 7.49. The molecule has 0 aromatic rings. The lowest BCUT2D eigenvalue weighted by molar-refractivity contribution is 0.211. The van der Waals surface area contributed by atoms with Crippen LogP contribution in [0.15, 0.2) is 0 Å². The summed E-state index contributed by atoms with van der Waals surface area (Å²) in [7, 11) is -0.772. The fourth-order valence-electron chi connectivity index (χ4n) is 0.288. The summed E-state index contributed by atoms with van der Waals surface area (Å²) in [6.07, 6.45) is -0.642. The molecule has 0 saturated carbocycles. The van der Waals surface area contributed by atoms with Crippen molar-refractivity contribution in [1.29, 1.82) is 0 Å². The Bertz CT molecular complexity index is 108. The van der Waals surface area contributed by atoms with Gasteiger partial charge >= 0.3 is 6.09 Å². The van der Waals surface area contributed by atoms with E-state index < -0.39 is 15.9 Å². The molecule has 0 unspecified atom stereocenters. The number of hydrogen-bond acceptors (Lipinski definition) is 2. The summed E-state index contributed by atoms with van der Waals surface area (Å²) in [5, 5.41) is 0.148. The van der Waals surface area contributed by atoms with Crippen LogP contribution in [0.4, 0.5) is 4.79 Å². The van der Waals surface area contributed by atoms with Crippen molar-refractivity contribution in [3.8, 4) is 0 Å². The van der Waals surface area contributed by atoms with E-state index in [9.17, 15) is 4.79 Å². The lowest BCUT2D eigenvalue weighted by Crippen LogP contribution is -2.21. The first-order valence-corrected chi connectivity index (χ1v) is 4.12. The van der Waals surface area contributed by atoms with Crippen molar-refractivity contribution in [3.63, 3.8) is 0 Å². The molecule has 0 spiro atoms. The largest absolute Gasteiger partial charge is 0.509 e. The molecular formula is C5H13NO2Si. The number of hydrogen-bond donors (Lipinski definition) is 1. The van der Waals surface area contributed by atoms with Crippen LogP contribution in [-0.2, 0) is 4.43 Å². The predicted molar refractivity (Wildman–Crippen MR) is 38.9 cm³/mol. The molecule has 0 aliphatic heterocycles. The predicted octanol–water partition coefficient (Wildman–Crippen LogP) is 0.384. The first-order chi connectivity index (χ1) is 3.92. The number of rotatable bonds is 1. The van der Waals surface area contributed by atoms with Gasteiger partial charge in [0.25, 0.3) is 0 Å². The molecule has 0 aromatic carbocycles. The average Bonchev–Trinajstić information content (AvgIpc) is 1.59. The van der Waals surface area contributed by atoms with E-state index >= 15 is 0 Å². The smallest absolute Gasteiger partial charge is 0.390 e. The van der Waals surface area contributed by atoms with Crippen molar-refractivity contribution in [1.82, 2.24) is 0 Å². The Kier molecular flexibility index (Phi) is 2.70. The number of amides is 1. The summed E-state index contributed by atoms with van der Waals surface area (Å²) in [4.78, 5) is 10.1. The summed E-state index contributed by atoms with van der Waals surface area (Å²) < 4.78 is 4.68. The molecule has 0 radical (unpaired) electrons. The third-order valence-corrected chi connectivity index (χ3v) is 1.94. The minimum atomic E-state index is -0.772. The van der Waals surface area contributed by atoms with E-state index in [1.807, 2.05) is 20.8 Å². The van der Waals surface area contributed by atoms with Gasteiger partial charge in [-0.15, -0.1) is 0 Å². The van der Waals surface area contributed by atoms with Crippen LogP contribution in [0.2, 0.25) is 5.04 Å². The van der Waals surface area contributed by atoms with Gasteiger partial charge in [0.2, 0.25) is 9.76 Å². The fraction of sp³-hybridized carbons (Fsp3) is 0.800. The van der Waals surface area contributed by atoms with E-state index in [4.69, 9.17) is 5.73 Å². The number of carbonyl (C=O) groups excluding carboxylic acids is 1. The first-order valence-electron chi connectivity index (χ1n) is 2.84. The maximum Gasteiger partial charge on any atom is 0.390 e. The zero-order valence-corrected chi connectivity index (χ0v) is 7.52. The monoisotopic (exact) mass is 147 g/mol. The van der Waals surface area contributed by atoms with Gasteiger partial charge in [0.1, 0.15) is 0 Å². The Morgan fingerprint density at radius 3 is 2.11 bits per heavy atom. The molecule has 54 valence electrons. The molecule has 0 fully saturated rings. The van der Waals surface area contributed by atoms with Gasteiger partial charge < -0.3 is 10.2 Å². The molecule has 1 amide bonds. The highest BCUT2D eigenvalue weighted by Crippen LogP contribution is 2.19. The van der Waals surface area contributed by atoms with Crippen molar-refractivity contribution < 1.29 is 9.22 Å². The minimum absolute atomic E-state index is 0.148. The van der Waals surface area contributed by atoms with Crippen LogP contribution in [0.1, 0.15) is 20.8 Å². The zero-order valence-electron chi connectivity index (χ0n) is 6.10. The van der Waals surface area contributed by atoms with Crippen LogP contribution < -0.4 is 5.73 Å². The molecule has 0 aliphatic carbocycles. The SMILES string of the molecule is CC(C)(C)[SiH2]OC(N)=O. The second kappa shape index (κ2) is 2.86. The Hall–Kier alpha value is -0.513. The van der Waals surface area contributed by atoms with Crippen molar-refractivity contribution >= 4 is 15.9 Å². The summed E-state index contributed by atoms with van der Waals surface area (Å²) in [6, 6.07) is 0. The number of primary amides is 1. The van der Waals surface area contributed by atoms with E-state index in [-0.39, 0.29) is 5.04 Å². The Morgan fingerprint density at radius 2 is 2.00 bits per heavy atom. The van der Waals surface area contributed by atoms with E-state index in [0.717, 1.165) is 0 Å². The normalized spacial score (nSPS) is 12.3. The van der Waals surface area contributed by atoms with Gasteiger partial charge in [0.05, 0.1) is 0 Å². The van der Waals surface area contributed by atoms with Crippen LogP contribution in [0.5, 0.6) is 0 Å². The molecule has 0 saturated heterocycles. The number of carbonyl (C=O) groups is 1. The quantitative estimate of drug-likeness (QED) is 0.545. The maximum absolute atomic E-state index is 10.1. The number of nitrogens with two attached hydrogens (primary N) is 1. The lowest BCUT2D eigenvalue weighted by Gasteiger charge is -2.15. The summed E-state index contributed by atoms with van der Waals surface area (Å²) >= 11 is 0. The Labute approximate surface area is 57.5 Å². The average molecular weight is 147 g/mol. The summed E-state index contributed by atoms with van der Waals surface area (Å²) in [6.45, 7) is 6.09. The van der Waals surface area contributed by atoms with Crippen LogP contribution in [0.25, 0.3) is 0 Å². The molecule has 0 aromatic heterocycles. The summed E-state index contributed by atoms with van der Waals surface area (Å²) in [5.74, 6) is 0. The van der Waals surface area contributed by atoms with Gasteiger partial charge in [-0.25, -0.2) is 4.79 Å². The lowest BCUT2D eigenvalue weighted by atomic mass is 10.3. The van der Waals surface area contributed by atoms with Crippen molar-refractivity contribution in [2.24, 2.45) is 5.73 Å². The molecule has 3 nitrogen and oxygen atoms in total. The molecule has 0 heterocycles. The van der Waals surface area contributed by atoms with Crippen LogP contribution in [-0.4, -0.2) is 15.9 Å². The van der Waals surface area contributed by atoms with Crippen LogP contribution in [0.3, 0.4) is 0 Å². The van der Waals surface area contributed by atoms with E-state index in [2.05, 4.69) is 4.43 Å². The van der Waals surface area contributed by atoms with Gasteiger partial charge in [0, 0.05) is 0 Å². The summed E-state index contributed by atoms with van der Waals surface area (Å²) in [5.41, 5.74) is 4.77. The minimum Gasteiger partial charge on any atom is -0.509 e. The topological polar surface area (TPSA) is 52.3 Å². The fourth-order valence-corrected chi connectivity index (χ4v) is 0.863. The third kappa shape index (κ3) is 7.49. The maximum atomic E-state index is 10.1. The van der Waals surface area contributed by atoms with Gasteiger partial charge in [-0.2, -0.15) is 0 Å². The highest BCUT2D eigenvalue weighted by Gasteiger charge is 2.13. The second-order valence-electron chi connectivity index (χ2n) is 3.17. The molecule has 0 bridgehead atoms. The van der Waals surface area contributed by atoms with Crippen molar-refractivity contribution in [2.75, 3.05) is 0 Å². The van der Waals surface area contributed by atoms with E-state index in [1.54, 1.807) is 0 Å². The van der Waals surface area contributed by atoms with Crippen LogP contribution >= 0.6 is 0 Å². The molecule has 0 rings (SSSR count). The van der Waals surface area contributed by atoms with Crippen molar-refractivity contribution in [2.45, 2.75) is 25.8 Å². The molecule has 9 heavy (non-hydrogen) atoms. The first kappa shape index (κ1) is 8.49. The van der Waals surface area contributed by atoms with Gasteiger partial charge in [-0.05, 0) is 5.04 Å². The van der Waals surface area contributed by atoms with Gasteiger partial charge in [0.15, 0.2) is 0 Å². The molecule has 4 heteroatoms. The second-order valence-corrected chi connectivity index (χ2v) is 5.87. The third-order valence-electron chi connectivity index (χ3n) is 0.647. The van der Waals surface area contributed by atoms with Gasteiger partial charge in [-0.3, -0.25) is 0 Å². The Balaban J connectivity index is 3.39. The standard InChI is InChI=1S/C5H13NO2Si/c1-5(2,3)9-8-4(6)7/h9H2,1-3H3,(H2,6,7). The van der Waals surface area contributed by atoms with Gasteiger partial charge in [-0.1, -0.05) is 20.8 Å². The Morgan fingerprint density at radius 1 is 1.56 bits per heavy atom. The van der Waals surface area contributed by atoms with Crippen LogP contribution in [0, 0.1) is 0 Å². The highest BCUT2D eigenvalue weighted by molar-refractivity contribution is 6.34. The van der Waals surface area contributed by atoms with E-state index in [0.29, 0.717) is 0 Å².